The number of aromatic nitrogens is 3. The summed E-state index contributed by atoms with van der Waals surface area (Å²) < 4.78 is 21.1. The zero-order valence-electron chi connectivity index (χ0n) is 16.0. The highest BCUT2D eigenvalue weighted by molar-refractivity contribution is 5.62. The SMILES string of the molecule is COc1ccc(Nc2ncnc(Nc3ccc(OC)c(OC)c3)n2)cc1OC. The molecule has 9 nitrogen and oxygen atoms in total. The van der Waals surface area contributed by atoms with Crippen molar-refractivity contribution < 1.29 is 18.9 Å². The van der Waals surface area contributed by atoms with Crippen LogP contribution in [0.15, 0.2) is 42.7 Å². The van der Waals surface area contributed by atoms with Gasteiger partial charge in [-0.1, -0.05) is 0 Å². The Morgan fingerprint density at radius 3 is 1.43 bits per heavy atom. The molecule has 28 heavy (non-hydrogen) atoms. The molecule has 3 aromatic rings. The molecule has 0 aliphatic carbocycles. The number of nitrogens with zero attached hydrogens (tertiary/aromatic N) is 3. The van der Waals surface area contributed by atoms with Crippen molar-refractivity contribution in [1.82, 2.24) is 15.0 Å². The van der Waals surface area contributed by atoms with Gasteiger partial charge in [0, 0.05) is 23.5 Å². The number of benzene rings is 2. The summed E-state index contributed by atoms with van der Waals surface area (Å²) in [5.74, 6) is 3.24. The van der Waals surface area contributed by atoms with Crippen molar-refractivity contribution in [2.45, 2.75) is 0 Å². The smallest absolute Gasteiger partial charge is 0.232 e. The average Bonchev–Trinajstić information content (AvgIpc) is 2.73. The summed E-state index contributed by atoms with van der Waals surface area (Å²) >= 11 is 0. The van der Waals surface area contributed by atoms with E-state index >= 15 is 0 Å². The van der Waals surface area contributed by atoms with Gasteiger partial charge >= 0.3 is 0 Å². The van der Waals surface area contributed by atoms with Crippen LogP contribution in [0.4, 0.5) is 23.3 Å². The molecule has 146 valence electrons. The van der Waals surface area contributed by atoms with E-state index in [-0.39, 0.29) is 0 Å². The third-order valence-corrected chi connectivity index (χ3v) is 3.85. The van der Waals surface area contributed by atoms with Crippen molar-refractivity contribution in [2.75, 3.05) is 39.1 Å². The van der Waals surface area contributed by atoms with E-state index in [0.29, 0.717) is 34.9 Å². The molecule has 9 heteroatoms. The van der Waals surface area contributed by atoms with E-state index in [2.05, 4.69) is 25.6 Å². The maximum absolute atomic E-state index is 5.31. The van der Waals surface area contributed by atoms with Crippen molar-refractivity contribution in [3.63, 3.8) is 0 Å². The second-order valence-electron chi connectivity index (χ2n) is 5.52. The van der Waals surface area contributed by atoms with Crippen LogP contribution in [-0.2, 0) is 0 Å². The molecule has 1 heterocycles. The third-order valence-electron chi connectivity index (χ3n) is 3.85. The van der Waals surface area contributed by atoms with Gasteiger partial charge in [0.15, 0.2) is 23.0 Å². The predicted molar refractivity (Wildman–Crippen MR) is 105 cm³/mol. The van der Waals surface area contributed by atoms with E-state index in [1.807, 2.05) is 12.1 Å². The number of anilines is 4. The van der Waals surface area contributed by atoms with Gasteiger partial charge in [0.2, 0.25) is 11.9 Å². The topological polar surface area (TPSA) is 99.7 Å². The lowest BCUT2D eigenvalue weighted by Crippen LogP contribution is -2.03. The van der Waals surface area contributed by atoms with E-state index < -0.39 is 0 Å². The minimum Gasteiger partial charge on any atom is -0.493 e. The molecule has 0 saturated heterocycles. The van der Waals surface area contributed by atoms with Crippen LogP contribution >= 0.6 is 0 Å². The van der Waals surface area contributed by atoms with Crippen LogP contribution in [0, 0.1) is 0 Å². The summed E-state index contributed by atoms with van der Waals surface area (Å²) in [6.07, 6.45) is 1.42. The zero-order chi connectivity index (χ0) is 19.9. The summed E-state index contributed by atoms with van der Waals surface area (Å²) in [5, 5.41) is 6.23. The predicted octanol–water partition coefficient (Wildman–Crippen LogP) is 3.39. The molecule has 0 atom stereocenters. The third kappa shape index (κ3) is 4.32. The molecule has 3 rings (SSSR count). The van der Waals surface area contributed by atoms with Crippen LogP contribution in [0.1, 0.15) is 0 Å². The van der Waals surface area contributed by atoms with E-state index in [0.717, 1.165) is 11.4 Å². The lowest BCUT2D eigenvalue weighted by atomic mass is 10.2. The summed E-state index contributed by atoms with van der Waals surface area (Å²) in [6, 6.07) is 10.9. The van der Waals surface area contributed by atoms with Gasteiger partial charge in [0.05, 0.1) is 28.4 Å². The maximum atomic E-state index is 5.31. The lowest BCUT2D eigenvalue weighted by Gasteiger charge is -2.12. The normalized spacial score (nSPS) is 10.1. The molecule has 0 aliphatic heterocycles. The molecular formula is C19H21N5O4. The van der Waals surface area contributed by atoms with Gasteiger partial charge in [0.1, 0.15) is 6.33 Å². The molecule has 0 spiro atoms. The van der Waals surface area contributed by atoms with Crippen LogP contribution in [0.25, 0.3) is 0 Å². The Hall–Kier alpha value is -3.75. The molecule has 0 amide bonds. The molecule has 1 aromatic heterocycles. The zero-order valence-corrected chi connectivity index (χ0v) is 16.0. The van der Waals surface area contributed by atoms with Gasteiger partial charge in [-0.3, -0.25) is 0 Å². The molecule has 0 bridgehead atoms. The summed E-state index contributed by atoms with van der Waals surface area (Å²) in [6.45, 7) is 0. The molecule has 0 saturated carbocycles. The van der Waals surface area contributed by atoms with Gasteiger partial charge in [0.25, 0.3) is 0 Å². The first-order valence-corrected chi connectivity index (χ1v) is 8.34. The second kappa shape index (κ2) is 8.76. The lowest BCUT2D eigenvalue weighted by molar-refractivity contribution is 0.355. The largest absolute Gasteiger partial charge is 0.493 e. The standard InChI is InChI=1S/C19H21N5O4/c1-25-14-7-5-12(9-16(14)27-3)22-18-20-11-21-19(24-18)23-13-6-8-15(26-2)17(10-13)28-4/h5-11H,1-4H3,(H2,20,21,22,23,24). The first kappa shape index (κ1) is 19.0. The molecule has 0 aliphatic rings. The molecule has 0 fully saturated rings. The number of nitrogens with one attached hydrogen (secondary N) is 2. The van der Waals surface area contributed by atoms with Gasteiger partial charge in [-0.15, -0.1) is 0 Å². The number of hydrogen-bond acceptors (Lipinski definition) is 9. The van der Waals surface area contributed by atoms with Crippen LogP contribution < -0.4 is 29.6 Å². The van der Waals surface area contributed by atoms with Crippen LogP contribution in [0.5, 0.6) is 23.0 Å². The van der Waals surface area contributed by atoms with Crippen molar-refractivity contribution in [2.24, 2.45) is 0 Å². The van der Waals surface area contributed by atoms with E-state index in [9.17, 15) is 0 Å². The van der Waals surface area contributed by atoms with Gasteiger partial charge in [-0.25, -0.2) is 9.97 Å². The minimum absolute atomic E-state index is 0.380. The molecule has 0 unspecified atom stereocenters. The Labute approximate surface area is 162 Å². The molecule has 2 N–H and O–H groups in total. The van der Waals surface area contributed by atoms with Crippen LogP contribution in [0.2, 0.25) is 0 Å². The second-order valence-corrected chi connectivity index (χ2v) is 5.52. The van der Waals surface area contributed by atoms with E-state index in [1.54, 1.807) is 52.7 Å². The average molecular weight is 383 g/mol. The monoisotopic (exact) mass is 383 g/mol. The highest BCUT2D eigenvalue weighted by Crippen LogP contribution is 2.32. The van der Waals surface area contributed by atoms with Crippen molar-refractivity contribution in [1.29, 1.82) is 0 Å². The Morgan fingerprint density at radius 1 is 0.607 bits per heavy atom. The fourth-order valence-corrected chi connectivity index (χ4v) is 2.50. The summed E-state index contributed by atoms with van der Waals surface area (Å²) in [5.41, 5.74) is 1.50. The van der Waals surface area contributed by atoms with E-state index in [4.69, 9.17) is 18.9 Å². The maximum Gasteiger partial charge on any atom is 0.232 e. The van der Waals surface area contributed by atoms with Crippen molar-refractivity contribution >= 4 is 23.3 Å². The van der Waals surface area contributed by atoms with E-state index in [1.165, 1.54) is 6.33 Å². The van der Waals surface area contributed by atoms with Gasteiger partial charge in [-0.05, 0) is 24.3 Å². The molecule has 0 radical (unpaired) electrons. The number of hydrogen-bond donors (Lipinski definition) is 2. The fraction of sp³-hybridized carbons (Fsp3) is 0.211. The van der Waals surface area contributed by atoms with Crippen molar-refractivity contribution in [3.8, 4) is 23.0 Å². The van der Waals surface area contributed by atoms with Crippen LogP contribution in [-0.4, -0.2) is 43.4 Å². The quantitative estimate of drug-likeness (QED) is 0.606. The highest BCUT2D eigenvalue weighted by atomic mass is 16.5. The van der Waals surface area contributed by atoms with Crippen molar-refractivity contribution in [3.05, 3.63) is 42.7 Å². The number of ether oxygens (including phenoxy) is 4. The van der Waals surface area contributed by atoms with Gasteiger partial charge < -0.3 is 29.6 Å². The Kier molecular flexibility index (Phi) is 5.95. The molecular weight excluding hydrogens is 362 g/mol. The Bertz CT molecular complexity index is 879. The van der Waals surface area contributed by atoms with Crippen LogP contribution in [0.3, 0.4) is 0 Å². The highest BCUT2D eigenvalue weighted by Gasteiger charge is 2.08. The first-order valence-electron chi connectivity index (χ1n) is 8.34. The summed E-state index contributed by atoms with van der Waals surface area (Å²) in [7, 11) is 6.33. The van der Waals surface area contributed by atoms with Gasteiger partial charge in [-0.2, -0.15) is 4.98 Å². The summed E-state index contributed by atoms with van der Waals surface area (Å²) in [4.78, 5) is 12.7. The number of methoxy groups -OCH3 is 4. The molecule has 2 aromatic carbocycles. The Morgan fingerprint density at radius 2 is 1.04 bits per heavy atom. The first-order chi connectivity index (χ1) is 13.7. The minimum atomic E-state index is 0.380. The fourth-order valence-electron chi connectivity index (χ4n) is 2.50. The number of rotatable bonds is 8. The Balaban J connectivity index is 1.77.